The Bertz CT molecular complexity index is 1490. The highest BCUT2D eigenvalue weighted by Crippen LogP contribution is 2.30. The van der Waals surface area contributed by atoms with E-state index >= 15 is 0 Å². The molecule has 1 unspecified atom stereocenters. The molecule has 218 valence electrons. The molecule has 42 heavy (non-hydrogen) atoms. The normalized spacial score (nSPS) is 19.1. The molecule has 11 heteroatoms. The molecule has 1 N–H and O–H groups in total. The number of aromatic nitrogens is 1. The van der Waals surface area contributed by atoms with Crippen LogP contribution in [0.4, 0.5) is 8.78 Å². The molecular weight excluding hydrogens is 544 g/mol. The Morgan fingerprint density at radius 3 is 2.57 bits per heavy atom. The van der Waals surface area contributed by atoms with E-state index in [0.717, 1.165) is 11.6 Å². The van der Waals surface area contributed by atoms with Crippen LogP contribution in [0.25, 0.3) is 0 Å². The molecule has 0 aliphatic carbocycles. The van der Waals surface area contributed by atoms with Crippen molar-refractivity contribution >= 4 is 17.7 Å². The van der Waals surface area contributed by atoms with Crippen molar-refractivity contribution in [1.82, 2.24) is 24.8 Å². The summed E-state index contributed by atoms with van der Waals surface area (Å²) in [5.74, 6) is -2.83. The van der Waals surface area contributed by atoms with Gasteiger partial charge in [-0.25, -0.2) is 19.4 Å². The number of nitrogens with zero attached hydrogens (tertiary/aromatic N) is 5. The number of rotatable bonds is 9. The van der Waals surface area contributed by atoms with Crippen LogP contribution in [0.1, 0.15) is 23.2 Å². The molecule has 3 heterocycles. The lowest BCUT2D eigenvalue weighted by Gasteiger charge is -2.55. The van der Waals surface area contributed by atoms with Crippen LogP contribution in [0, 0.1) is 11.8 Å². The molecule has 3 amide bonds. The molecule has 2 saturated heterocycles. The summed E-state index contributed by atoms with van der Waals surface area (Å²) < 4.78 is 28.8. The standard InChI is InChI=1S/C31H31F2N5O4/c1-2-15-36-20-30(41)37-26(16-22-12-13-24(39)17-25(22)32)31(42)35(18-23-9-6-10-27(33)34-23)19-28(37)38(36)29(40)14-11-21-7-4-3-5-8-21/h2-10,12-13,17,26,28,39H,1,11,14-16,18-20H2/t26-,28?/m0/s1. The Morgan fingerprint density at radius 1 is 1.07 bits per heavy atom. The van der Waals surface area contributed by atoms with Crippen LogP contribution >= 0.6 is 0 Å². The van der Waals surface area contributed by atoms with Crippen molar-refractivity contribution in [1.29, 1.82) is 0 Å². The van der Waals surface area contributed by atoms with Crippen molar-refractivity contribution in [3.05, 3.63) is 108 Å². The average molecular weight is 576 g/mol. The monoisotopic (exact) mass is 575 g/mol. The first-order valence-electron chi connectivity index (χ1n) is 13.7. The second-order valence-corrected chi connectivity index (χ2v) is 10.3. The van der Waals surface area contributed by atoms with Gasteiger partial charge in [-0.2, -0.15) is 4.39 Å². The fraction of sp³-hybridized carbons (Fsp3) is 0.290. The third kappa shape index (κ3) is 6.15. The Hall–Kier alpha value is -4.64. The summed E-state index contributed by atoms with van der Waals surface area (Å²) in [5.41, 5.74) is 1.39. The number of pyridine rings is 1. The predicted octanol–water partition coefficient (Wildman–Crippen LogP) is 3.05. The molecule has 9 nitrogen and oxygen atoms in total. The van der Waals surface area contributed by atoms with Crippen LogP contribution in [0.3, 0.4) is 0 Å². The van der Waals surface area contributed by atoms with Crippen molar-refractivity contribution in [2.45, 2.75) is 38.0 Å². The third-order valence-electron chi connectivity index (χ3n) is 7.47. The molecule has 0 radical (unpaired) electrons. The molecule has 3 aromatic rings. The van der Waals surface area contributed by atoms with E-state index in [9.17, 15) is 28.3 Å². The Labute approximate surface area is 242 Å². The molecule has 0 bridgehead atoms. The first-order valence-corrected chi connectivity index (χ1v) is 13.7. The van der Waals surface area contributed by atoms with Gasteiger partial charge in [-0.1, -0.05) is 48.5 Å². The molecule has 2 fully saturated rings. The molecule has 2 aliphatic rings. The first-order chi connectivity index (χ1) is 20.2. The third-order valence-corrected chi connectivity index (χ3v) is 7.47. The minimum atomic E-state index is -1.15. The highest BCUT2D eigenvalue weighted by Gasteiger charge is 2.51. The molecule has 2 aliphatic heterocycles. The van der Waals surface area contributed by atoms with Gasteiger partial charge in [-0.05, 0) is 35.7 Å². The van der Waals surface area contributed by atoms with Gasteiger partial charge in [0, 0.05) is 25.5 Å². The second-order valence-electron chi connectivity index (χ2n) is 10.3. The van der Waals surface area contributed by atoms with Crippen molar-refractivity contribution in [2.24, 2.45) is 0 Å². The van der Waals surface area contributed by atoms with Gasteiger partial charge in [0.2, 0.25) is 23.7 Å². The number of hydrogen-bond acceptors (Lipinski definition) is 6. The number of piperazine rings is 1. The maximum absolute atomic E-state index is 14.8. The zero-order valence-corrected chi connectivity index (χ0v) is 22.9. The zero-order chi connectivity index (χ0) is 29.8. The van der Waals surface area contributed by atoms with Crippen molar-refractivity contribution in [2.75, 3.05) is 19.6 Å². The van der Waals surface area contributed by atoms with Gasteiger partial charge in [0.1, 0.15) is 23.8 Å². The first kappa shape index (κ1) is 28.9. The van der Waals surface area contributed by atoms with Crippen LogP contribution in [-0.4, -0.2) is 79.5 Å². The van der Waals surface area contributed by atoms with E-state index in [1.807, 2.05) is 30.3 Å². The van der Waals surface area contributed by atoms with E-state index < -0.39 is 35.8 Å². The molecular formula is C31H31F2N5O4. The van der Waals surface area contributed by atoms with E-state index in [1.165, 1.54) is 39.1 Å². The SMILES string of the molecule is C=CCN1CC(=O)N2C(CN(Cc3cccc(F)n3)C(=O)[C@@H]2Cc2ccc(O)cc2F)N1C(=O)CCc1ccccc1. The number of phenols is 1. The number of fused-ring (bicyclic) bond motifs is 1. The van der Waals surface area contributed by atoms with Crippen LogP contribution in [0.5, 0.6) is 5.75 Å². The number of hydrazine groups is 1. The number of carbonyl (C=O) groups is 3. The average Bonchev–Trinajstić information content (AvgIpc) is 2.96. The molecule has 0 saturated carbocycles. The molecule has 0 spiro atoms. The quantitative estimate of drug-likeness (QED) is 0.311. The van der Waals surface area contributed by atoms with Crippen LogP contribution in [0.2, 0.25) is 0 Å². The number of halogens is 2. The summed E-state index contributed by atoms with van der Waals surface area (Å²) in [6.07, 6.45) is 1.12. The number of aryl methyl sites for hydroxylation is 1. The number of aromatic hydroxyl groups is 1. The topological polar surface area (TPSA) is 97.3 Å². The molecule has 2 aromatic carbocycles. The summed E-state index contributed by atoms with van der Waals surface area (Å²) in [6.45, 7) is 3.69. The number of phenolic OH excluding ortho intramolecular Hbond substituents is 1. The van der Waals surface area contributed by atoms with Gasteiger partial charge >= 0.3 is 0 Å². The smallest absolute Gasteiger partial charge is 0.246 e. The maximum Gasteiger partial charge on any atom is 0.246 e. The summed E-state index contributed by atoms with van der Waals surface area (Å²) in [5, 5.41) is 12.8. The summed E-state index contributed by atoms with van der Waals surface area (Å²) >= 11 is 0. The van der Waals surface area contributed by atoms with Crippen LogP contribution in [-0.2, 0) is 33.8 Å². The predicted molar refractivity (Wildman–Crippen MR) is 149 cm³/mol. The van der Waals surface area contributed by atoms with E-state index in [-0.39, 0.29) is 56.2 Å². The lowest BCUT2D eigenvalue weighted by Crippen LogP contribution is -2.75. The van der Waals surface area contributed by atoms with Gasteiger partial charge in [-0.15, -0.1) is 6.58 Å². The van der Waals surface area contributed by atoms with Gasteiger partial charge < -0.3 is 14.9 Å². The minimum Gasteiger partial charge on any atom is -0.508 e. The van der Waals surface area contributed by atoms with E-state index in [2.05, 4.69) is 11.6 Å². The van der Waals surface area contributed by atoms with Gasteiger partial charge in [0.25, 0.3) is 0 Å². The minimum absolute atomic E-state index is 0.0535. The Balaban J connectivity index is 1.51. The Kier molecular flexibility index (Phi) is 8.58. The highest BCUT2D eigenvalue weighted by molar-refractivity contribution is 5.92. The lowest BCUT2D eigenvalue weighted by atomic mass is 9.98. The summed E-state index contributed by atoms with van der Waals surface area (Å²) in [7, 11) is 0. The number of hydrogen-bond donors (Lipinski definition) is 1. The van der Waals surface area contributed by atoms with Crippen molar-refractivity contribution in [3.8, 4) is 5.75 Å². The fourth-order valence-electron chi connectivity index (χ4n) is 5.56. The molecule has 1 aromatic heterocycles. The van der Waals surface area contributed by atoms with E-state index in [0.29, 0.717) is 12.1 Å². The fourth-order valence-corrected chi connectivity index (χ4v) is 5.56. The van der Waals surface area contributed by atoms with Gasteiger partial charge in [-0.3, -0.25) is 14.4 Å². The van der Waals surface area contributed by atoms with Crippen molar-refractivity contribution < 1.29 is 28.3 Å². The van der Waals surface area contributed by atoms with Crippen molar-refractivity contribution in [3.63, 3.8) is 0 Å². The zero-order valence-electron chi connectivity index (χ0n) is 22.9. The number of benzene rings is 2. The second kappa shape index (κ2) is 12.5. The van der Waals surface area contributed by atoms with Gasteiger partial charge in [0.15, 0.2) is 0 Å². The summed E-state index contributed by atoms with van der Waals surface area (Å²) in [6, 6.07) is 16.2. The number of amides is 3. The van der Waals surface area contributed by atoms with Gasteiger partial charge in [0.05, 0.1) is 25.3 Å². The van der Waals surface area contributed by atoms with E-state index in [1.54, 1.807) is 17.2 Å². The Morgan fingerprint density at radius 2 is 1.86 bits per heavy atom. The highest BCUT2D eigenvalue weighted by atomic mass is 19.1. The summed E-state index contributed by atoms with van der Waals surface area (Å²) in [4.78, 5) is 48.0. The molecule has 2 atom stereocenters. The lowest BCUT2D eigenvalue weighted by molar-refractivity contribution is -0.205. The van der Waals surface area contributed by atoms with E-state index in [4.69, 9.17) is 0 Å². The van der Waals surface area contributed by atoms with Crippen LogP contribution < -0.4 is 0 Å². The van der Waals surface area contributed by atoms with Crippen LogP contribution in [0.15, 0.2) is 79.4 Å². The molecule has 5 rings (SSSR count). The largest absolute Gasteiger partial charge is 0.508 e. The number of carbonyl (C=O) groups excluding carboxylic acids is 3. The maximum atomic E-state index is 14.8.